The van der Waals surface area contributed by atoms with E-state index in [1.165, 1.54) is 0 Å². The molecule has 2 aromatic heterocycles. The van der Waals surface area contributed by atoms with Crippen LogP contribution in [0, 0.1) is 13.8 Å². The summed E-state index contributed by atoms with van der Waals surface area (Å²) in [5.74, 6) is 1.22. The molecule has 0 bridgehead atoms. The summed E-state index contributed by atoms with van der Waals surface area (Å²) in [5.41, 5.74) is 2.47. The van der Waals surface area contributed by atoms with Gasteiger partial charge in [-0.25, -0.2) is 9.67 Å². The highest BCUT2D eigenvalue weighted by molar-refractivity contribution is 6.32. The molecule has 21 heavy (non-hydrogen) atoms. The van der Waals surface area contributed by atoms with Gasteiger partial charge in [-0.1, -0.05) is 35.0 Å². The SMILES string of the molecule is Cc1cc(N=Cc2c(C)nn(-c3ccccc3)c2Cl)no1. The first kappa shape index (κ1) is 13.6. The van der Waals surface area contributed by atoms with Crippen LogP contribution < -0.4 is 0 Å². The van der Waals surface area contributed by atoms with E-state index in [-0.39, 0.29) is 0 Å². The van der Waals surface area contributed by atoms with E-state index in [0.717, 1.165) is 16.9 Å². The summed E-state index contributed by atoms with van der Waals surface area (Å²) in [4.78, 5) is 4.26. The summed E-state index contributed by atoms with van der Waals surface area (Å²) in [7, 11) is 0. The maximum Gasteiger partial charge on any atom is 0.195 e. The number of para-hydroxylation sites is 1. The maximum absolute atomic E-state index is 6.40. The van der Waals surface area contributed by atoms with Crippen LogP contribution in [0.3, 0.4) is 0 Å². The summed E-state index contributed by atoms with van der Waals surface area (Å²) < 4.78 is 6.66. The molecule has 0 saturated heterocycles. The van der Waals surface area contributed by atoms with E-state index >= 15 is 0 Å². The first-order valence-electron chi connectivity index (χ1n) is 6.43. The normalized spacial score (nSPS) is 11.4. The second-order valence-electron chi connectivity index (χ2n) is 4.59. The molecule has 0 aliphatic carbocycles. The third kappa shape index (κ3) is 2.73. The lowest BCUT2D eigenvalue weighted by Crippen LogP contribution is -1.96. The third-order valence-corrected chi connectivity index (χ3v) is 3.35. The van der Waals surface area contributed by atoms with Gasteiger partial charge in [-0.15, -0.1) is 0 Å². The number of benzene rings is 1. The van der Waals surface area contributed by atoms with Crippen LogP contribution in [0.2, 0.25) is 5.15 Å². The minimum Gasteiger partial charge on any atom is -0.359 e. The van der Waals surface area contributed by atoms with E-state index in [9.17, 15) is 0 Å². The highest BCUT2D eigenvalue weighted by Crippen LogP contribution is 2.22. The van der Waals surface area contributed by atoms with E-state index < -0.39 is 0 Å². The molecule has 0 amide bonds. The van der Waals surface area contributed by atoms with E-state index in [2.05, 4.69) is 15.2 Å². The molecule has 0 spiro atoms. The molecule has 5 nitrogen and oxygen atoms in total. The van der Waals surface area contributed by atoms with Gasteiger partial charge in [0.15, 0.2) is 5.82 Å². The van der Waals surface area contributed by atoms with Gasteiger partial charge in [-0.2, -0.15) is 5.10 Å². The number of halogens is 1. The fourth-order valence-corrected chi connectivity index (χ4v) is 2.26. The summed E-state index contributed by atoms with van der Waals surface area (Å²) in [6.07, 6.45) is 1.65. The van der Waals surface area contributed by atoms with E-state index in [4.69, 9.17) is 16.1 Å². The first-order chi connectivity index (χ1) is 10.1. The third-order valence-electron chi connectivity index (χ3n) is 2.99. The molecule has 0 aliphatic rings. The van der Waals surface area contributed by atoms with Crippen LogP contribution in [-0.2, 0) is 0 Å². The first-order valence-corrected chi connectivity index (χ1v) is 6.81. The van der Waals surface area contributed by atoms with Crippen LogP contribution in [0.5, 0.6) is 0 Å². The predicted molar refractivity (Wildman–Crippen MR) is 81.8 cm³/mol. The molecule has 0 N–H and O–H groups in total. The van der Waals surface area contributed by atoms with Crippen molar-refractivity contribution in [2.75, 3.05) is 0 Å². The van der Waals surface area contributed by atoms with Crippen LogP contribution >= 0.6 is 11.6 Å². The minimum absolute atomic E-state index is 0.510. The summed E-state index contributed by atoms with van der Waals surface area (Å²) in [6, 6.07) is 11.5. The number of aliphatic imine (C=N–C) groups is 1. The Labute approximate surface area is 126 Å². The molecule has 106 valence electrons. The largest absolute Gasteiger partial charge is 0.359 e. The fourth-order valence-electron chi connectivity index (χ4n) is 1.94. The van der Waals surface area contributed by atoms with Crippen LogP contribution in [0.15, 0.2) is 45.9 Å². The topological polar surface area (TPSA) is 56.2 Å². The molecule has 0 atom stereocenters. The van der Waals surface area contributed by atoms with Crippen molar-refractivity contribution in [3.8, 4) is 5.69 Å². The average Bonchev–Trinajstić information content (AvgIpc) is 3.02. The lowest BCUT2D eigenvalue weighted by Gasteiger charge is -2.01. The van der Waals surface area contributed by atoms with Gasteiger partial charge < -0.3 is 4.52 Å². The molecule has 3 aromatic rings. The van der Waals surface area contributed by atoms with Crippen LogP contribution in [-0.4, -0.2) is 21.2 Å². The Kier molecular flexibility index (Phi) is 3.58. The Hall–Kier alpha value is -2.40. The van der Waals surface area contributed by atoms with Gasteiger partial charge >= 0.3 is 0 Å². The Balaban J connectivity index is 1.97. The average molecular weight is 301 g/mol. The van der Waals surface area contributed by atoms with Crippen LogP contribution in [0.25, 0.3) is 5.69 Å². The van der Waals surface area contributed by atoms with Gasteiger partial charge in [0.05, 0.1) is 16.9 Å². The smallest absolute Gasteiger partial charge is 0.195 e. The molecule has 0 fully saturated rings. The lowest BCUT2D eigenvalue weighted by molar-refractivity contribution is 0.399. The quantitative estimate of drug-likeness (QED) is 0.690. The van der Waals surface area contributed by atoms with E-state index in [0.29, 0.717) is 16.7 Å². The zero-order chi connectivity index (χ0) is 14.8. The molecule has 0 saturated carbocycles. The van der Waals surface area contributed by atoms with Gasteiger partial charge in [0, 0.05) is 12.3 Å². The molecule has 6 heteroatoms. The second-order valence-corrected chi connectivity index (χ2v) is 4.95. The van der Waals surface area contributed by atoms with Gasteiger partial charge in [-0.3, -0.25) is 0 Å². The molecule has 0 unspecified atom stereocenters. The van der Waals surface area contributed by atoms with Crippen molar-refractivity contribution in [3.05, 3.63) is 58.6 Å². The molecular formula is C15H13ClN4O. The number of aromatic nitrogens is 3. The standard InChI is InChI=1S/C15H13ClN4O/c1-10-8-14(19-21-10)17-9-13-11(2)18-20(15(13)16)12-6-4-3-5-7-12/h3-9H,1-2H3. The molecule has 1 aromatic carbocycles. The zero-order valence-corrected chi connectivity index (χ0v) is 12.4. The Morgan fingerprint density at radius 1 is 1.24 bits per heavy atom. The van der Waals surface area contributed by atoms with E-state index in [1.54, 1.807) is 17.0 Å². The Morgan fingerprint density at radius 3 is 2.67 bits per heavy atom. The van der Waals surface area contributed by atoms with Crippen LogP contribution in [0.4, 0.5) is 5.82 Å². The van der Waals surface area contributed by atoms with Gasteiger partial charge in [0.1, 0.15) is 10.9 Å². The number of aryl methyl sites for hydroxylation is 2. The molecule has 2 heterocycles. The van der Waals surface area contributed by atoms with Crippen molar-refractivity contribution in [2.45, 2.75) is 13.8 Å². The van der Waals surface area contributed by atoms with Crippen LogP contribution in [0.1, 0.15) is 17.0 Å². The van der Waals surface area contributed by atoms with Crippen molar-refractivity contribution >= 4 is 23.6 Å². The Bertz CT molecular complexity index is 789. The van der Waals surface area contributed by atoms with Crippen molar-refractivity contribution in [1.29, 1.82) is 0 Å². The number of hydrogen-bond acceptors (Lipinski definition) is 4. The van der Waals surface area contributed by atoms with Gasteiger partial charge in [0.2, 0.25) is 0 Å². The fraction of sp³-hybridized carbons (Fsp3) is 0.133. The molecule has 3 rings (SSSR count). The van der Waals surface area contributed by atoms with E-state index in [1.807, 2.05) is 44.2 Å². The summed E-state index contributed by atoms with van der Waals surface area (Å²) >= 11 is 6.40. The number of nitrogens with zero attached hydrogens (tertiary/aromatic N) is 4. The van der Waals surface area contributed by atoms with Crippen molar-refractivity contribution < 1.29 is 4.52 Å². The number of rotatable bonds is 3. The van der Waals surface area contributed by atoms with Gasteiger partial charge in [-0.05, 0) is 26.0 Å². The van der Waals surface area contributed by atoms with Crippen molar-refractivity contribution in [2.24, 2.45) is 4.99 Å². The predicted octanol–water partition coefficient (Wildman–Crippen LogP) is 3.88. The highest BCUT2D eigenvalue weighted by atomic mass is 35.5. The van der Waals surface area contributed by atoms with Crippen molar-refractivity contribution in [1.82, 2.24) is 14.9 Å². The zero-order valence-electron chi connectivity index (χ0n) is 11.6. The maximum atomic E-state index is 6.40. The molecule has 0 radical (unpaired) electrons. The monoisotopic (exact) mass is 300 g/mol. The minimum atomic E-state index is 0.510. The summed E-state index contributed by atoms with van der Waals surface area (Å²) in [6.45, 7) is 3.71. The summed E-state index contributed by atoms with van der Waals surface area (Å²) in [5, 5.41) is 8.78. The second kappa shape index (κ2) is 5.54. The van der Waals surface area contributed by atoms with Crippen molar-refractivity contribution in [3.63, 3.8) is 0 Å². The highest BCUT2D eigenvalue weighted by Gasteiger charge is 2.13. The molecule has 0 aliphatic heterocycles. The lowest BCUT2D eigenvalue weighted by atomic mass is 10.3. The Morgan fingerprint density at radius 2 is 2.00 bits per heavy atom. The molecular weight excluding hydrogens is 288 g/mol. The van der Waals surface area contributed by atoms with Gasteiger partial charge in [0.25, 0.3) is 0 Å². The number of hydrogen-bond donors (Lipinski definition) is 0.